The van der Waals surface area contributed by atoms with Crippen LogP contribution in [0.4, 0.5) is 0 Å². The number of rotatable bonds is 7. The summed E-state index contributed by atoms with van der Waals surface area (Å²) in [6.45, 7) is 1.06. The maximum atomic E-state index is 5.33. The third-order valence-corrected chi connectivity index (χ3v) is 3.47. The van der Waals surface area contributed by atoms with Crippen LogP contribution < -0.4 is 24.8 Å². The van der Waals surface area contributed by atoms with E-state index in [0.29, 0.717) is 35.5 Å². The van der Waals surface area contributed by atoms with E-state index in [2.05, 4.69) is 10.6 Å². The van der Waals surface area contributed by atoms with Gasteiger partial charge in [-0.3, -0.25) is 0 Å². The predicted octanol–water partition coefficient (Wildman–Crippen LogP) is 2.47. The molecule has 2 N–H and O–H groups in total. The molecular formula is C16H20N2O4S. The highest BCUT2D eigenvalue weighted by atomic mass is 32.1. The smallest absolute Gasteiger partial charge is 0.203 e. The zero-order valence-corrected chi connectivity index (χ0v) is 14.2. The van der Waals surface area contributed by atoms with Crippen LogP contribution in [-0.2, 0) is 13.1 Å². The zero-order valence-electron chi connectivity index (χ0n) is 13.3. The fourth-order valence-corrected chi connectivity index (χ4v) is 2.21. The van der Waals surface area contributed by atoms with Crippen LogP contribution in [0.5, 0.6) is 17.2 Å². The van der Waals surface area contributed by atoms with Gasteiger partial charge in [-0.25, -0.2) is 0 Å². The summed E-state index contributed by atoms with van der Waals surface area (Å²) in [7, 11) is 4.75. The summed E-state index contributed by atoms with van der Waals surface area (Å²) >= 11 is 5.25. The zero-order chi connectivity index (χ0) is 16.7. The first-order valence-electron chi connectivity index (χ1n) is 7.01. The van der Waals surface area contributed by atoms with Gasteiger partial charge < -0.3 is 29.3 Å². The number of ether oxygens (including phenoxy) is 3. The second kappa shape index (κ2) is 8.28. The van der Waals surface area contributed by atoms with Crippen molar-refractivity contribution in [2.45, 2.75) is 13.1 Å². The van der Waals surface area contributed by atoms with Crippen molar-refractivity contribution in [2.24, 2.45) is 0 Å². The summed E-state index contributed by atoms with van der Waals surface area (Å²) in [5.41, 5.74) is 0.960. The molecule has 0 aliphatic heterocycles. The van der Waals surface area contributed by atoms with Gasteiger partial charge in [-0.2, -0.15) is 0 Å². The summed E-state index contributed by atoms with van der Waals surface area (Å²) in [6, 6.07) is 7.48. The molecule has 1 heterocycles. The summed E-state index contributed by atoms with van der Waals surface area (Å²) in [5, 5.41) is 6.74. The van der Waals surface area contributed by atoms with Crippen LogP contribution in [0.3, 0.4) is 0 Å². The molecule has 0 bridgehead atoms. The van der Waals surface area contributed by atoms with Gasteiger partial charge in [-0.15, -0.1) is 0 Å². The second-order valence-corrected chi connectivity index (χ2v) is 5.06. The Balaban J connectivity index is 1.95. The first-order valence-corrected chi connectivity index (χ1v) is 7.41. The SMILES string of the molecule is COc1cc(CNC(=S)NCc2ccco2)cc(OC)c1OC. The van der Waals surface area contributed by atoms with E-state index < -0.39 is 0 Å². The summed E-state index contributed by atoms with van der Waals surface area (Å²) in [4.78, 5) is 0. The lowest BCUT2D eigenvalue weighted by molar-refractivity contribution is 0.323. The Morgan fingerprint density at radius 1 is 1.04 bits per heavy atom. The molecule has 7 heteroatoms. The Labute approximate surface area is 140 Å². The molecule has 1 aromatic heterocycles. The molecule has 0 saturated heterocycles. The quantitative estimate of drug-likeness (QED) is 0.753. The molecule has 23 heavy (non-hydrogen) atoms. The first-order chi connectivity index (χ1) is 11.2. The maximum absolute atomic E-state index is 5.33. The van der Waals surface area contributed by atoms with E-state index in [1.54, 1.807) is 27.6 Å². The molecule has 2 rings (SSSR count). The Morgan fingerprint density at radius 2 is 1.70 bits per heavy atom. The van der Waals surface area contributed by atoms with Crippen LogP contribution in [-0.4, -0.2) is 26.4 Å². The number of hydrogen-bond acceptors (Lipinski definition) is 5. The number of methoxy groups -OCH3 is 3. The standard InChI is InChI=1S/C16H20N2O4S/c1-19-13-7-11(8-14(20-2)15(13)21-3)9-17-16(23)18-10-12-5-4-6-22-12/h4-8H,9-10H2,1-3H3,(H2,17,18,23). The minimum atomic E-state index is 0.528. The van der Waals surface area contributed by atoms with Gasteiger partial charge in [-0.1, -0.05) is 0 Å². The molecule has 1 aromatic carbocycles. The molecule has 0 radical (unpaired) electrons. The number of nitrogens with one attached hydrogen (secondary N) is 2. The van der Waals surface area contributed by atoms with E-state index in [0.717, 1.165) is 11.3 Å². The van der Waals surface area contributed by atoms with Crippen molar-refractivity contribution in [1.29, 1.82) is 0 Å². The van der Waals surface area contributed by atoms with Gasteiger partial charge in [0.05, 0.1) is 34.1 Å². The highest BCUT2D eigenvalue weighted by molar-refractivity contribution is 7.80. The number of furan rings is 1. The summed E-state index contributed by atoms with van der Waals surface area (Å²) < 4.78 is 21.2. The van der Waals surface area contributed by atoms with Crippen molar-refractivity contribution >= 4 is 17.3 Å². The highest BCUT2D eigenvalue weighted by Gasteiger charge is 2.13. The van der Waals surface area contributed by atoms with E-state index in [1.165, 1.54) is 0 Å². The Kier molecular flexibility index (Phi) is 6.10. The van der Waals surface area contributed by atoms with E-state index in [1.807, 2.05) is 24.3 Å². The van der Waals surface area contributed by atoms with Crippen molar-refractivity contribution in [3.63, 3.8) is 0 Å². The third kappa shape index (κ3) is 4.53. The topological polar surface area (TPSA) is 64.9 Å². The minimum absolute atomic E-state index is 0.528. The van der Waals surface area contributed by atoms with Crippen molar-refractivity contribution in [3.05, 3.63) is 41.9 Å². The van der Waals surface area contributed by atoms with Crippen LogP contribution in [0.15, 0.2) is 34.9 Å². The van der Waals surface area contributed by atoms with Crippen molar-refractivity contribution in [3.8, 4) is 17.2 Å². The van der Waals surface area contributed by atoms with E-state index in [-0.39, 0.29) is 0 Å². The molecular weight excluding hydrogens is 316 g/mol. The Bertz CT molecular complexity index is 619. The van der Waals surface area contributed by atoms with Gasteiger partial charge in [-0.05, 0) is 42.0 Å². The molecule has 0 aliphatic carbocycles. The lowest BCUT2D eigenvalue weighted by Crippen LogP contribution is -2.34. The summed E-state index contributed by atoms with van der Waals surface area (Å²) in [5.74, 6) is 2.61. The molecule has 6 nitrogen and oxygen atoms in total. The van der Waals surface area contributed by atoms with E-state index in [4.69, 9.17) is 30.8 Å². The lowest BCUT2D eigenvalue weighted by Gasteiger charge is -2.15. The Hall–Kier alpha value is -2.41. The summed E-state index contributed by atoms with van der Waals surface area (Å²) in [6.07, 6.45) is 1.63. The van der Waals surface area contributed by atoms with Crippen molar-refractivity contribution in [2.75, 3.05) is 21.3 Å². The number of benzene rings is 1. The van der Waals surface area contributed by atoms with Gasteiger partial charge in [0.2, 0.25) is 5.75 Å². The van der Waals surface area contributed by atoms with Gasteiger partial charge >= 0.3 is 0 Å². The molecule has 0 saturated carbocycles. The van der Waals surface area contributed by atoms with E-state index >= 15 is 0 Å². The van der Waals surface area contributed by atoms with Crippen molar-refractivity contribution < 1.29 is 18.6 Å². The first kappa shape index (κ1) is 17.0. The number of thiocarbonyl (C=S) groups is 1. The van der Waals surface area contributed by atoms with Crippen LogP contribution in [0.1, 0.15) is 11.3 Å². The normalized spacial score (nSPS) is 10.0. The second-order valence-electron chi connectivity index (χ2n) is 4.65. The van der Waals surface area contributed by atoms with Crippen LogP contribution in [0.2, 0.25) is 0 Å². The maximum Gasteiger partial charge on any atom is 0.203 e. The molecule has 0 atom stereocenters. The van der Waals surface area contributed by atoms with Gasteiger partial charge in [0.1, 0.15) is 5.76 Å². The highest BCUT2D eigenvalue weighted by Crippen LogP contribution is 2.38. The monoisotopic (exact) mass is 336 g/mol. The molecule has 0 fully saturated rings. The van der Waals surface area contributed by atoms with Crippen molar-refractivity contribution in [1.82, 2.24) is 10.6 Å². The van der Waals surface area contributed by atoms with E-state index in [9.17, 15) is 0 Å². The predicted molar refractivity (Wildman–Crippen MR) is 91.1 cm³/mol. The molecule has 124 valence electrons. The molecule has 2 aromatic rings. The minimum Gasteiger partial charge on any atom is -0.493 e. The van der Waals surface area contributed by atoms with Gasteiger partial charge in [0.25, 0.3) is 0 Å². The third-order valence-electron chi connectivity index (χ3n) is 3.18. The molecule has 0 spiro atoms. The van der Waals surface area contributed by atoms with Crippen LogP contribution >= 0.6 is 12.2 Å². The van der Waals surface area contributed by atoms with Gasteiger partial charge in [0, 0.05) is 6.54 Å². The molecule has 0 amide bonds. The van der Waals surface area contributed by atoms with Crippen LogP contribution in [0.25, 0.3) is 0 Å². The lowest BCUT2D eigenvalue weighted by atomic mass is 10.2. The average molecular weight is 336 g/mol. The van der Waals surface area contributed by atoms with Gasteiger partial charge in [0.15, 0.2) is 16.6 Å². The fourth-order valence-electron chi connectivity index (χ4n) is 2.06. The number of hydrogen-bond donors (Lipinski definition) is 2. The molecule has 0 unspecified atom stereocenters. The Morgan fingerprint density at radius 3 is 2.22 bits per heavy atom. The van der Waals surface area contributed by atoms with Crippen LogP contribution in [0, 0.1) is 0 Å². The largest absolute Gasteiger partial charge is 0.493 e. The molecule has 0 aliphatic rings. The fraction of sp³-hybridized carbons (Fsp3) is 0.312. The average Bonchev–Trinajstić information content (AvgIpc) is 3.10.